The fraction of sp³-hybridized carbons (Fsp3) is 0.900. The molecule has 13 heavy (non-hydrogen) atoms. The molecule has 0 amide bonds. The van der Waals surface area contributed by atoms with E-state index in [1.165, 1.54) is 0 Å². The Morgan fingerprint density at radius 1 is 1.54 bits per heavy atom. The van der Waals surface area contributed by atoms with Gasteiger partial charge in [-0.15, -0.1) is 0 Å². The summed E-state index contributed by atoms with van der Waals surface area (Å²) in [5, 5.41) is 9.65. The summed E-state index contributed by atoms with van der Waals surface area (Å²) in [6, 6.07) is 0. The van der Waals surface area contributed by atoms with Crippen LogP contribution in [-0.2, 0) is 9.53 Å². The molecule has 1 heterocycles. The first kappa shape index (κ1) is 9.00. The molecule has 1 saturated carbocycles. The maximum absolute atomic E-state index is 11.1. The largest absolute Gasteiger partial charge is 0.459 e. The van der Waals surface area contributed by atoms with E-state index in [2.05, 4.69) is 13.8 Å². The van der Waals surface area contributed by atoms with E-state index >= 15 is 0 Å². The summed E-state index contributed by atoms with van der Waals surface area (Å²) in [5.74, 6) is 0.0628. The van der Waals surface area contributed by atoms with E-state index < -0.39 is 6.10 Å². The van der Waals surface area contributed by atoms with Crippen molar-refractivity contribution in [3.05, 3.63) is 0 Å². The monoisotopic (exact) mass is 184 g/mol. The highest BCUT2D eigenvalue weighted by molar-refractivity contribution is 5.72. The minimum atomic E-state index is -0.440. The van der Waals surface area contributed by atoms with E-state index in [-0.39, 0.29) is 23.4 Å². The van der Waals surface area contributed by atoms with Gasteiger partial charge in [0.2, 0.25) is 0 Å². The Bertz CT molecular complexity index is 234. The van der Waals surface area contributed by atoms with Crippen molar-refractivity contribution in [2.45, 2.75) is 45.3 Å². The molecule has 3 nitrogen and oxygen atoms in total. The van der Waals surface area contributed by atoms with E-state index in [9.17, 15) is 9.90 Å². The van der Waals surface area contributed by atoms with Crippen molar-refractivity contribution in [1.29, 1.82) is 0 Å². The van der Waals surface area contributed by atoms with Crippen LogP contribution in [0.4, 0.5) is 0 Å². The van der Waals surface area contributed by atoms with Gasteiger partial charge in [-0.2, -0.15) is 0 Å². The molecule has 0 aromatic heterocycles. The Morgan fingerprint density at radius 3 is 2.85 bits per heavy atom. The first-order chi connectivity index (χ1) is 6.00. The number of esters is 1. The highest BCUT2D eigenvalue weighted by Gasteiger charge is 2.50. The van der Waals surface area contributed by atoms with Gasteiger partial charge >= 0.3 is 5.97 Å². The smallest absolute Gasteiger partial charge is 0.306 e. The van der Waals surface area contributed by atoms with Crippen LogP contribution in [0.25, 0.3) is 0 Å². The molecule has 0 aromatic carbocycles. The average molecular weight is 184 g/mol. The Hall–Kier alpha value is -0.570. The Kier molecular flexibility index (Phi) is 1.88. The quantitative estimate of drug-likeness (QED) is 0.573. The fourth-order valence-electron chi connectivity index (χ4n) is 2.51. The minimum absolute atomic E-state index is 0.135. The zero-order valence-corrected chi connectivity index (χ0v) is 8.12. The number of carbonyl (C=O) groups excluding carboxylic acids is 1. The first-order valence-electron chi connectivity index (χ1n) is 4.88. The Labute approximate surface area is 78.1 Å². The van der Waals surface area contributed by atoms with Gasteiger partial charge in [0.05, 0.1) is 12.5 Å². The van der Waals surface area contributed by atoms with E-state index in [1.807, 2.05) is 0 Å². The molecule has 0 spiro atoms. The van der Waals surface area contributed by atoms with Crippen LogP contribution >= 0.6 is 0 Å². The van der Waals surface area contributed by atoms with Gasteiger partial charge in [-0.25, -0.2) is 0 Å². The molecule has 2 fully saturated rings. The van der Waals surface area contributed by atoms with Crippen LogP contribution in [0.15, 0.2) is 0 Å². The van der Waals surface area contributed by atoms with Gasteiger partial charge < -0.3 is 9.84 Å². The summed E-state index contributed by atoms with van der Waals surface area (Å²) in [4.78, 5) is 11.1. The number of ether oxygens (including phenoxy) is 1. The van der Waals surface area contributed by atoms with Gasteiger partial charge in [0.25, 0.3) is 0 Å². The molecule has 3 atom stereocenters. The van der Waals surface area contributed by atoms with Crippen molar-refractivity contribution in [3.63, 3.8) is 0 Å². The molecule has 1 saturated heterocycles. The second-order valence-electron chi connectivity index (χ2n) is 4.86. The summed E-state index contributed by atoms with van der Waals surface area (Å²) in [5.41, 5.74) is 0.135. The molecular weight excluding hydrogens is 168 g/mol. The molecule has 0 radical (unpaired) electrons. The third-order valence-corrected chi connectivity index (χ3v) is 3.52. The predicted octanol–water partition coefficient (Wildman–Crippen LogP) is 1.10. The lowest BCUT2D eigenvalue weighted by Crippen LogP contribution is -2.44. The molecule has 3 unspecified atom stereocenters. The van der Waals surface area contributed by atoms with Gasteiger partial charge in [-0.05, 0) is 18.3 Å². The molecule has 0 aromatic rings. The molecule has 1 aliphatic heterocycles. The Morgan fingerprint density at radius 2 is 2.23 bits per heavy atom. The number of aliphatic hydroxyl groups is 1. The minimum Gasteiger partial charge on any atom is -0.459 e. The summed E-state index contributed by atoms with van der Waals surface area (Å²) in [7, 11) is 0. The van der Waals surface area contributed by atoms with E-state index in [0.29, 0.717) is 6.42 Å². The normalized spacial score (nSPS) is 42.7. The third-order valence-electron chi connectivity index (χ3n) is 3.52. The van der Waals surface area contributed by atoms with Gasteiger partial charge in [0.15, 0.2) is 0 Å². The third kappa shape index (κ3) is 1.35. The summed E-state index contributed by atoms with van der Waals surface area (Å²) in [6.45, 7) is 4.30. The van der Waals surface area contributed by atoms with Crippen LogP contribution in [0.1, 0.15) is 33.1 Å². The highest BCUT2D eigenvalue weighted by atomic mass is 16.6. The Balaban J connectivity index is 2.22. The zero-order chi connectivity index (χ0) is 9.64. The van der Waals surface area contributed by atoms with Crippen molar-refractivity contribution in [1.82, 2.24) is 0 Å². The summed E-state index contributed by atoms with van der Waals surface area (Å²) >= 11 is 0. The fourth-order valence-corrected chi connectivity index (χ4v) is 2.51. The predicted molar refractivity (Wildman–Crippen MR) is 47.0 cm³/mol. The van der Waals surface area contributed by atoms with Crippen molar-refractivity contribution >= 4 is 5.97 Å². The summed E-state index contributed by atoms with van der Waals surface area (Å²) < 4.78 is 5.12. The SMILES string of the molecule is CC1(C)CCC(O)C2OC(=O)CC21. The second kappa shape index (κ2) is 2.71. The molecule has 3 heteroatoms. The summed E-state index contributed by atoms with van der Waals surface area (Å²) in [6.07, 6.45) is 1.53. The van der Waals surface area contributed by atoms with Gasteiger partial charge in [0.1, 0.15) is 6.10 Å². The van der Waals surface area contributed by atoms with E-state index in [0.717, 1.165) is 12.8 Å². The first-order valence-corrected chi connectivity index (χ1v) is 4.88. The molecule has 74 valence electrons. The molecule has 2 rings (SSSR count). The number of fused-ring (bicyclic) bond motifs is 1. The average Bonchev–Trinajstić information content (AvgIpc) is 2.42. The number of rotatable bonds is 0. The topological polar surface area (TPSA) is 46.5 Å². The standard InChI is InChI=1S/C10H16O3/c1-10(2)4-3-7(11)9-6(10)5-8(12)13-9/h6-7,9,11H,3-5H2,1-2H3. The molecule has 0 bridgehead atoms. The molecular formula is C10H16O3. The molecule has 2 aliphatic rings. The van der Waals surface area contributed by atoms with Crippen LogP contribution in [0.3, 0.4) is 0 Å². The lowest BCUT2D eigenvalue weighted by molar-refractivity contribution is -0.148. The van der Waals surface area contributed by atoms with Crippen LogP contribution in [0.5, 0.6) is 0 Å². The lowest BCUT2D eigenvalue weighted by atomic mass is 9.66. The number of hydrogen-bond acceptors (Lipinski definition) is 3. The number of hydrogen-bond donors (Lipinski definition) is 1. The van der Waals surface area contributed by atoms with Gasteiger partial charge in [0, 0.05) is 5.92 Å². The van der Waals surface area contributed by atoms with Crippen LogP contribution < -0.4 is 0 Å². The van der Waals surface area contributed by atoms with Crippen molar-refractivity contribution in [3.8, 4) is 0 Å². The van der Waals surface area contributed by atoms with Crippen LogP contribution in [0.2, 0.25) is 0 Å². The zero-order valence-electron chi connectivity index (χ0n) is 8.12. The van der Waals surface area contributed by atoms with Crippen molar-refractivity contribution in [2.24, 2.45) is 11.3 Å². The maximum atomic E-state index is 11.1. The maximum Gasteiger partial charge on any atom is 0.306 e. The van der Waals surface area contributed by atoms with Crippen LogP contribution in [-0.4, -0.2) is 23.3 Å². The second-order valence-corrected chi connectivity index (χ2v) is 4.86. The molecule has 1 N–H and O–H groups in total. The van der Waals surface area contributed by atoms with Crippen LogP contribution in [0, 0.1) is 11.3 Å². The highest BCUT2D eigenvalue weighted by Crippen LogP contribution is 2.46. The molecule has 1 aliphatic carbocycles. The van der Waals surface area contributed by atoms with Gasteiger partial charge in [-0.1, -0.05) is 13.8 Å². The lowest BCUT2D eigenvalue weighted by Gasteiger charge is -2.40. The van der Waals surface area contributed by atoms with E-state index in [4.69, 9.17) is 4.74 Å². The van der Waals surface area contributed by atoms with E-state index in [1.54, 1.807) is 0 Å². The number of aliphatic hydroxyl groups excluding tert-OH is 1. The number of carbonyl (C=O) groups is 1. The van der Waals surface area contributed by atoms with Crippen molar-refractivity contribution < 1.29 is 14.6 Å². The van der Waals surface area contributed by atoms with Gasteiger partial charge in [-0.3, -0.25) is 4.79 Å². The van der Waals surface area contributed by atoms with Crippen molar-refractivity contribution in [2.75, 3.05) is 0 Å².